The topological polar surface area (TPSA) is 161 Å². The molecule has 2 heterocycles. The SMILES string of the molecule is CCCc1c(OCCCBr)ccc2c(C(F)(F)F)noc12.CCCc1c(OCCCNc2ccc(C(=O)OCC)c(Br)c2)ccc2c(C(F)(F)F)noc12.CCOC(=O)c1ccc(N)cc1Br. The Morgan fingerprint density at radius 1 is 0.672 bits per heavy atom. The summed E-state index contributed by atoms with van der Waals surface area (Å²) in [6.07, 6.45) is -5.06. The summed E-state index contributed by atoms with van der Waals surface area (Å²) in [5.74, 6) is 0.332. The van der Waals surface area contributed by atoms with Gasteiger partial charge in [-0.05, 0) is 132 Å². The quantitative estimate of drug-likeness (QED) is 0.0276. The minimum absolute atomic E-state index is 0.0150. The molecule has 6 aromatic rings. The third kappa shape index (κ3) is 15.2. The van der Waals surface area contributed by atoms with Crippen molar-refractivity contribution >= 4 is 93.0 Å². The van der Waals surface area contributed by atoms with Gasteiger partial charge in [0.2, 0.25) is 0 Å². The number of fused-ring (bicyclic) bond motifs is 2. The monoisotopic (exact) mass is 1140 g/mol. The minimum Gasteiger partial charge on any atom is -0.493 e. The second-order valence-corrected chi connectivity index (χ2v) is 16.8. The summed E-state index contributed by atoms with van der Waals surface area (Å²) in [7, 11) is 0. The van der Waals surface area contributed by atoms with E-state index >= 15 is 0 Å². The highest BCUT2D eigenvalue weighted by Crippen LogP contribution is 2.40. The highest BCUT2D eigenvalue weighted by Gasteiger charge is 2.39. The number of benzene rings is 4. The molecule has 2 aromatic heterocycles. The molecule has 0 aliphatic carbocycles. The lowest BCUT2D eigenvalue weighted by molar-refractivity contribution is -0.142. The minimum atomic E-state index is -4.58. The molecule has 67 heavy (non-hydrogen) atoms. The van der Waals surface area contributed by atoms with Crippen molar-refractivity contribution in [1.29, 1.82) is 0 Å². The fourth-order valence-electron chi connectivity index (χ4n) is 6.36. The normalized spacial score (nSPS) is 11.4. The van der Waals surface area contributed by atoms with Gasteiger partial charge in [-0.2, -0.15) is 26.3 Å². The molecule has 4 aromatic carbocycles. The van der Waals surface area contributed by atoms with Crippen molar-refractivity contribution in [3.8, 4) is 11.5 Å². The van der Waals surface area contributed by atoms with Crippen LogP contribution in [-0.4, -0.2) is 60.6 Å². The Bertz CT molecular complexity index is 2570. The number of esters is 2. The molecule has 0 aliphatic heterocycles. The van der Waals surface area contributed by atoms with Crippen molar-refractivity contribution in [3.63, 3.8) is 0 Å². The maximum atomic E-state index is 13.1. The van der Waals surface area contributed by atoms with E-state index in [1.807, 2.05) is 13.8 Å². The molecule has 364 valence electrons. The molecular formula is C46H49Br3F6N4O8. The van der Waals surface area contributed by atoms with Gasteiger partial charge in [-0.3, -0.25) is 0 Å². The molecule has 0 saturated carbocycles. The highest BCUT2D eigenvalue weighted by atomic mass is 79.9. The summed E-state index contributed by atoms with van der Waals surface area (Å²) < 4.78 is 111. The van der Waals surface area contributed by atoms with E-state index in [4.69, 9.17) is 33.7 Å². The first-order chi connectivity index (χ1) is 31.9. The van der Waals surface area contributed by atoms with E-state index in [0.717, 1.165) is 30.3 Å². The van der Waals surface area contributed by atoms with Crippen LogP contribution in [0.15, 0.2) is 78.7 Å². The van der Waals surface area contributed by atoms with E-state index in [1.54, 1.807) is 62.4 Å². The van der Waals surface area contributed by atoms with Crippen molar-refractivity contribution in [1.82, 2.24) is 10.3 Å². The number of nitrogens with two attached hydrogens (primary N) is 1. The fraction of sp³-hybridized carbons (Fsp3) is 0.391. The van der Waals surface area contributed by atoms with E-state index in [2.05, 4.69) is 63.4 Å². The third-order valence-corrected chi connectivity index (χ3v) is 11.2. The molecule has 0 radical (unpaired) electrons. The van der Waals surface area contributed by atoms with Gasteiger partial charge in [0.15, 0.2) is 22.6 Å². The Hall–Kier alpha value is -5.02. The lowest BCUT2D eigenvalue weighted by Crippen LogP contribution is -2.09. The maximum Gasteiger partial charge on any atom is 0.437 e. The number of hydrogen-bond donors (Lipinski definition) is 2. The first-order valence-corrected chi connectivity index (χ1v) is 23.8. The van der Waals surface area contributed by atoms with Crippen LogP contribution in [0.5, 0.6) is 11.5 Å². The molecule has 0 bridgehead atoms. The summed E-state index contributed by atoms with van der Waals surface area (Å²) in [5, 5.41) is 10.4. The summed E-state index contributed by atoms with van der Waals surface area (Å²) in [6.45, 7) is 9.51. The zero-order valence-corrected chi connectivity index (χ0v) is 41.7. The van der Waals surface area contributed by atoms with Gasteiger partial charge in [0.1, 0.15) is 11.5 Å². The van der Waals surface area contributed by atoms with Crippen molar-refractivity contribution < 1.29 is 63.9 Å². The molecule has 0 fully saturated rings. The van der Waals surface area contributed by atoms with Gasteiger partial charge in [0.25, 0.3) is 0 Å². The summed E-state index contributed by atoms with van der Waals surface area (Å²) in [6, 6.07) is 16.0. The van der Waals surface area contributed by atoms with Crippen molar-refractivity contribution in [3.05, 3.63) is 103 Å². The molecule has 12 nitrogen and oxygen atoms in total. The second-order valence-electron chi connectivity index (χ2n) is 14.3. The van der Waals surface area contributed by atoms with Crippen molar-refractivity contribution in [2.45, 2.75) is 78.6 Å². The summed E-state index contributed by atoms with van der Waals surface area (Å²) in [4.78, 5) is 23.1. The second kappa shape index (κ2) is 25.9. The smallest absolute Gasteiger partial charge is 0.437 e. The number of aromatic nitrogens is 2. The standard InChI is InChI=1S/C23H24BrF3N2O4.C14H15BrF3NO2.C9H10BrNO2/c1-3-6-16-19(10-9-17-20(16)33-29-21(17)23(25,26)27)32-12-5-11-28-14-7-8-15(18(24)13-14)22(30)31-4-2;1-2-4-9-11(20-8-3-7-15)6-5-10-12(9)21-19-13(10)14(16,17)18;1-2-13-9(12)7-4-3-6(11)5-8(7)10/h7-10,13,28H,3-6,11-12H2,1-2H3;5-6H,2-4,7-8H2,1H3;3-5H,2,11H2,1H3. The predicted molar refractivity (Wildman–Crippen MR) is 253 cm³/mol. The van der Waals surface area contributed by atoms with Gasteiger partial charge in [0.05, 0.1) is 48.3 Å². The van der Waals surface area contributed by atoms with E-state index in [1.165, 1.54) is 12.1 Å². The lowest BCUT2D eigenvalue weighted by Gasteiger charge is -2.13. The number of rotatable bonds is 18. The van der Waals surface area contributed by atoms with Gasteiger partial charge >= 0.3 is 24.3 Å². The lowest BCUT2D eigenvalue weighted by atomic mass is 10.0. The Morgan fingerprint density at radius 2 is 1.13 bits per heavy atom. The van der Waals surface area contributed by atoms with Gasteiger partial charge in [-0.25, -0.2) is 9.59 Å². The third-order valence-electron chi connectivity index (χ3n) is 9.33. The number of nitrogens with zero attached hydrogens (tertiary/aromatic N) is 2. The number of nitrogens with one attached hydrogen (secondary N) is 1. The van der Waals surface area contributed by atoms with E-state index in [-0.39, 0.29) is 27.9 Å². The number of halogens is 9. The predicted octanol–water partition coefficient (Wildman–Crippen LogP) is 13.8. The molecule has 6 rings (SSSR count). The Morgan fingerprint density at radius 3 is 1.55 bits per heavy atom. The average Bonchev–Trinajstić information content (AvgIpc) is 3.92. The largest absolute Gasteiger partial charge is 0.493 e. The van der Waals surface area contributed by atoms with E-state index in [0.29, 0.717) is 101 Å². The zero-order valence-electron chi connectivity index (χ0n) is 36.9. The van der Waals surface area contributed by atoms with Crippen LogP contribution in [-0.2, 0) is 34.7 Å². The molecule has 0 saturated heterocycles. The first-order valence-electron chi connectivity index (χ1n) is 21.1. The van der Waals surface area contributed by atoms with Gasteiger partial charge in [-0.15, -0.1) is 0 Å². The Kier molecular flexibility index (Phi) is 21.1. The van der Waals surface area contributed by atoms with E-state index < -0.39 is 29.7 Å². The molecule has 0 atom stereocenters. The van der Waals surface area contributed by atoms with Crippen molar-refractivity contribution in [2.24, 2.45) is 0 Å². The molecule has 3 N–H and O–H groups in total. The first kappa shape index (κ1) is 54.6. The van der Waals surface area contributed by atoms with Crippen molar-refractivity contribution in [2.75, 3.05) is 49.4 Å². The molecule has 0 amide bonds. The number of carbonyl (C=O) groups is 2. The number of hydrogen-bond acceptors (Lipinski definition) is 12. The van der Waals surface area contributed by atoms with Crippen LogP contribution >= 0.6 is 47.8 Å². The van der Waals surface area contributed by atoms with Crippen LogP contribution in [0.1, 0.15) is 96.6 Å². The number of aryl methyl sites for hydroxylation is 2. The number of nitrogen functional groups attached to an aromatic ring is 1. The number of carbonyl (C=O) groups excluding carboxylic acids is 2. The molecule has 0 aliphatic rings. The van der Waals surface area contributed by atoms with Gasteiger partial charge in [-0.1, -0.05) is 52.9 Å². The Labute approximate surface area is 407 Å². The number of anilines is 2. The highest BCUT2D eigenvalue weighted by molar-refractivity contribution is 9.11. The zero-order chi connectivity index (χ0) is 49.3. The molecule has 0 unspecified atom stereocenters. The molecular weight excluding hydrogens is 1090 g/mol. The van der Waals surface area contributed by atoms with Crippen LogP contribution < -0.4 is 20.5 Å². The van der Waals surface area contributed by atoms with Gasteiger partial charge in [0, 0.05) is 43.3 Å². The van der Waals surface area contributed by atoms with Crippen LogP contribution in [0.3, 0.4) is 0 Å². The Balaban J connectivity index is 0.000000245. The number of alkyl halides is 7. The fourth-order valence-corrected chi connectivity index (χ4v) is 7.69. The summed E-state index contributed by atoms with van der Waals surface area (Å²) in [5.41, 5.74) is 7.41. The average molecular weight is 1140 g/mol. The van der Waals surface area contributed by atoms with Crippen LogP contribution in [0.4, 0.5) is 37.7 Å². The van der Waals surface area contributed by atoms with Crippen LogP contribution in [0.2, 0.25) is 0 Å². The van der Waals surface area contributed by atoms with Crippen LogP contribution in [0.25, 0.3) is 21.9 Å². The maximum absolute atomic E-state index is 13.1. The van der Waals surface area contributed by atoms with Crippen LogP contribution in [0, 0.1) is 0 Å². The van der Waals surface area contributed by atoms with E-state index in [9.17, 15) is 35.9 Å². The molecule has 21 heteroatoms. The number of ether oxygens (including phenoxy) is 4. The summed E-state index contributed by atoms with van der Waals surface area (Å²) >= 11 is 9.92. The molecule has 0 spiro atoms. The van der Waals surface area contributed by atoms with Gasteiger partial charge < -0.3 is 39.0 Å².